The molecule has 4 aromatic rings. The van der Waals surface area contributed by atoms with Crippen molar-refractivity contribution in [1.29, 1.82) is 0 Å². The third-order valence-corrected chi connectivity index (χ3v) is 6.25. The predicted molar refractivity (Wildman–Crippen MR) is 130 cm³/mol. The number of hydrogen-bond donors (Lipinski definition) is 3. The number of rotatable bonds is 8. The second-order valence-electron chi connectivity index (χ2n) is 7.40. The number of sulfonamides is 1. The molecule has 4 rings (SSSR count). The number of aromatic nitrogens is 3. The van der Waals surface area contributed by atoms with Gasteiger partial charge in [-0.05, 0) is 54.1 Å². The number of pyridine rings is 1. The Hall–Kier alpha value is -4.51. The lowest BCUT2D eigenvalue weighted by molar-refractivity contribution is 0.102. The van der Waals surface area contributed by atoms with Crippen molar-refractivity contribution in [3.05, 3.63) is 106 Å². The maximum absolute atomic E-state index is 12.7. The Morgan fingerprint density at radius 2 is 1.77 bits per heavy atom. The van der Waals surface area contributed by atoms with Crippen molar-refractivity contribution in [3.8, 4) is 5.75 Å². The number of nitrogens with zero attached hydrogens (tertiary/aromatic N) is 2. The molecule has 0 bridgehead atoms. The smallest absolute Gasteiger partial charge is 0.274 e. The van der Waals surface area contributed by atoms with Crippen LogP contribution in [0.1, 0.15) is 21.9 Å². The third kappa shape index (κ3) is 6.09. The molecule has 1 amide bonds. The number of methoxy groups -OCH3 is 1. The van der Waals surface area contributed by atoms with Gasteiger partial charge in [-0.3, -0.25) is 14.3 Å². The molecule has 0 aliphatic heterocycles. The van der Waals surface area contributed by atoms with Gasteiger partial charge in [-0.2, -0.15) is 0 Å². The van der Waals surface area contributed by atoms with Gasteiger partial charge in [0.15, 0.2) is 0 Å². The number of ether oxygens (including phenoxy) is 1. The zero-order valence-corrected chi connectivity index (χ0v) is 19.4. The molecule has 0 saturated carbocycles. The molecule has 2 aromatic heterocycles. The number of aromatic amines is 1. The molecule has 0 aliphatic rings. The zero-order chi connectivity index (χ0) is 24.8. The van der Waals surface area contributed by atoms with Crippen LogP contribution in [0.25, 0.3) is 0 Å². The summed E-state index contributed by atoms with van der Waals surface area (Å²) in [6.45, 7) is 0. The highest BCUT2D eigenvalue weighted by Gasteiger charge is 2.16. The average Bonchev–Trinajstić information content (AvgIpc) is 2.85. The van der Waals surface area contributed by atoms with Crippen LogP contribution in [0.5, 0.6) is 5.75 Å². The van der Waals surface area contributed by atoms with E-state index in [4.69, 9.17) is 4.74 Å². The number of amides is 1. The SMILES string of the molecule is COc1ccc(Cc2nc(C(=O)Nc3ccc(S(=O)(=O)Nc4ccccn4)cc3)cc(=O)[nH]2)cc1. The topological polar surface area (TPSA) is 143 Å². The van der Waals surface area contributed by atoms with Gasteiger partial charge in [0.1, 0.15) is 23.1 Å². The minimum absolute atomic E-state index is 0.00258. The van der Waals surface area contributed by atoms with Gasteiger partial charge in [0.2, 0.25) is 0 Å². The van der Waals surface area contributed by atoms with Crippen molar-refractivity contribution in [1.82, 2.24) is 15.0 Å². The van der Waals surface area contributed by atoms with Gasteiger partial charge in [0.25, 0.3) is 21.5 Å². The van der Waals surface area contributed by atoms with Gasteiger partial charge < -0.3 is 15.0 Å². The second kappa shape index (κ2) is 10.2. The van der Waals surface area contributed by atoms with Crippen molar-refractivity contribution in [2.75, 3.05) is 17.1 Å². The van der Waals surface area contributed by atoms with Crippen molar-refractivity contribution in [2.24, 2.45) is 0 Å². The molecule has 35 heavy (non-hydrogen) atoms. The molecule has 0 spiro atoms. The number of hydrogen-bond acceptors (Lipinski definition) is 7. The number of anilines is 2. The van der Waals surface area contributed by atoms with Gasteiger partial charge in [-0.1, -0.05) is 18.2 Å². The first-order valence-electron chi connectivity index (χ1n) is 10.4. The summed E-state index contributed by atoms with van der Waals surface area (Å²) in [6.07, 6.45) is 1.79. The highest BCUT2D eigenvalue weighted by molar-refractivity contribution is 7.92. The third-order valence-electron chi connectivity index (χ3n) is 4.88. The summed E-state index contributed by atoms with van der Waals surface area (Å²) in [5.41, 5.74) is 0.690. The lowest BCUT2D eigenvalue weighted by Crippen LogP contribution is -2.20. The van der Waals surface area contributed by atoms with E-state index >= 15 is 0 Å². The van der Waals surface area contributed by atoms with Crippen LogP contribution in [0.2, 0.25) is 0 Å². The Balaban J connectivity index is 1.46. The predicted octanol–water partition coefficient (Wildman–Crippen LogP) is 2.82. The number of H-pyrrole nitrogens is 1. The molecule has 0 saturated heterocycles. The van der Waals surface area contributed by atoms with Crippen molar-refractivity contribution in [3.63, 3.8) is 0 Å². The molecule has 178 valence electrons. The zero-order valence-electron chi connectivity index (χ0n) is 18.6. The number of nitrogens with one attached hydrogen (secondary N) is 3. The molecule has 0 fully saturated rings. The molecule has 3 N–H and O–H groups in total. The Kier molecular flexibility index (Phi) is 6.88. The molecule has 0 radical (unpaired) electrons. The summed E-state index contributed by atoms with van der Waals surface area (Å²) in [7, 11) is -2.28. The standard InChI is InChI=1S/C24H21N5O5S/c1-34-18-9-5-16(6-10-18)14-22-27-20(15-23(30)28-22)24(31)26-17-7-11-19(12-8-17)35(32,33)29-21-4-2-3-13-25-21/h2-13,15H,14H2,1H3,(H,25,29)(H,26,31)(H,27,28,30). The Labute approximate surface area is 201 Å². The van der Waals surface area contributed by atoms with Crippen molar-refractivity contribution < 1.29 is 17.9 Å². The van der Waals surface area contributed by atoms with Crippen LogP contribution < -0.4 is 20.3 Å². The average molecular weight is 492 g/mol. The summed E-state index contributed by atoms with van der Waals surface area (Å²) in [4.78, 5) is 35.6. The number of carbonyl (C=O) groups excluding carboxylic acids is 1. The van der Waals surface area contributed by atoms with Crippen molar-refractivity contribution >= 4 is 27.4 Å². The van der Waals surface area contributed by atoms with E-state index in [0.29, 0.717) is 23.7 Å². The van der Waals surface area contributed by atoms with Gasteiger partial charge in [-0.25, -0.2) is 18.4 Å². The van der Waals surface area contributed by atoms with Crippen LogP contribution in [0, 0.1) is 0 Å². The first-order chi connectivity index (χ1) is 16.8. The molecule has 0 unspecified atom stereocenters. The van der Waals surface area contributed by atoms with Crippen LogP contribution in [0.15, 0.2) is 88.7 Å². The highest BCUT2D eigenvalue weighted by atomic mass is 32.2. The second-order valence-corrected chi connectivity index (χ2v) is 9.08. The van der Waals surface area contributed by atoms with Crippen LogP contribution >= 0.6 is 0 Å². The summed E-state index contributed by atoms with van der Waals surface area (Å²) in [5.74, 6) is 0.620. The number of carbonyl (C=O) groups is 1. The van der Waals surface area contributed by atoms with E-state index < -0.39 is 21.5 Å². The maximum Gasteiger partial charge on any atom is 0.274 e. The Bertz CT molecular complexity index is 1490. The van der Waals surface area contributed by atoms with Gasteiger partial charge >= 0.3 is 0 Å². The van der Waals surface area contributed by atoms with Crippen molar-refractivity contribution in [2.45, 2.75) is 11.3 Å². The first kappa shape index (κ1) is 23.6. The van der Waals surface area contributed by atoms with E-state index in [1.807, 2.05) is 12.1 Å². The molecule has 0 atom stereocenters. The molecular weight excluding hydrogens is 470 g/mol. The quantitative estimate of drug-likeness (QED) is 0.344. The summed E-state index contributed by atoms with van der Waals surface area (Å²) >= 11 is 0. The van der Waals surface area contributed by atoms with Gasteiger partial charge in [-0.15, -0.1) is 0 Å². The Morgan fingerprint density at radius 3 is 2.43 bits per heavy atom. The lowest BCUT2D eigenvalue weighted by Gasteiger charge is -2.09. The van der Waals surface area contributed by atoms with E-state index in [2.05, 4.69) is 25.0 Å². The molecule has 2 aromatic carbocycles. The minimum Gasteiger partial charge on any atom is -0.497 e. The summed E-state index contributed by atoms with van der Waals surface area (Å²) in [6, 6.07) is 18.8. The van der Waals surface area contributed by atoms with E-state index in [1.165, 1.54) is 36.5 Å². The monoisotopic (exact) mass is 491 g/mol. The summed E-state index contributed by atoms with van der Waals surface area (Å²) in [5, 5.41) is 2.62. The normalized spacial score (nSPS) is 11.0. The molecule has 10 nitrogen and oxygen atoms in total. The van der Waals surface area contributed by atoms with E-state index in [-0.39, 0.29) is 16.4 Å². The maximum atomic E-state index is 12.7. The molecule has 0 aliphatic carbocycles. The van der Waals surface area contributed by atoms with Crippen LogP contribution in [0.4, 0.5) is 11.5 Å². The summed E-state index contributed by atoms with van der Waals surface area (Å²) < 4.78 is 32.6. The highest BCUT2D eigenvalue weighted by Crippen LogP contribution is 2.18. The fourth-order valence-electron chi connectivity index (χ4n) is 3.18. The van der Waals surface area contributed by atoms with Crippen LogP contribution in [-0.4, -0.2) is 36.4 Å². The number of benzene rings is 2. The minimum atomic E-state index is -3.85. The Morgan fingerprint density at radius 1 is 1.03 bits per heavy atom. The largest absolute Gasteiger partial charge is 0.497 e. The van der Waals surface area contributed by atoms with Gasteiger partial charge in [0, 0.05) is 24.4 Å². The van der Waals surface area contributed by atoms with E-state index in [0.717, 1.165) is 11.6 Å². The van der Waals surface area contributed by atoms with Gasteiger partial charge in [0.05, 0.1) is 12.0 Å². The van der Waals surface area contributed by atoms with E-state index in [9.17, 15) is 18.0 Å². The van der Waals surface area contributed by atoms with E-state index in [1.54, 1.807) is 31.4 Å². The van der Waals surface area contributed by atoms with Crippen LogP contribution in [0.3, 0.4) is 0 Å². The molecular formula is C24H21N5O5S. The fraction of sp³-hybridized carbons (Fsp3) is 0.0833. The van der Waals surface area contributed by atoms with Crippen LogP contribution in [-0.2, 0) is 16.4 Å². The first-order valence-corrected chi connectivity index (χ1v) is 11.9. The lowest BCUT2D eigenvalue weighted by atomic mass is 10.1. The molecule has 11 heteroatoms. The molecule has 2 heterocycles. The fourth-order valence-corrected chi connectivity index (χ4v) is 4.19.